The zero-order valence-electron chi connectivity index (χ0n) is 9.57. The van der Waals surface area contributed by atoms with Crippen LogP contribution in [0.3, 0.4) is 0 Å². The summed E-state index contributed by atoms with van der Waals surface area (Å²) in [6.07, 6.45) is -3.94. The summed E-state index contributed by atoms with van der Waals surface area (Å²) in [4.78, 5) is 0. The first-order valence-electron chi connectivity index (χ1n) is 5.31. The minimum atomic E-state index is -4.46. The molecule has 18 heavy (non-hydrogen) atoms. The number of nitrogen functional groups attached to an aromatic ring is 1. The van der Waals surface area contributed by atoms with Crippen molar-refractivity contribution in [3.63, 3.8) is 0 Å². The van der Waals surface area contributed by atoms with Gasteiger partial charge in [0.2, 0.25) is 0 Å². The van der Waals surface area contributed by atoms with Gasteiger partial charge in [0.05, 0.1) is 11.3 Å². The van der Waals surface area contributed by atoms with Crippen LogP contribution in [-0.2, 0) is 12.6 Å². The Bertz CT molecular complexity index is 560. The van der Waals surface area contributed by atoms with Gasteiger partial charge in [0.1, 0.15) is 5.69 Å². The van der Waals surface area contributed by atoms with E-state index in [1.165, 1.54) is 18.2 Å². The molecule has 0 saturated carbocycles. The Balaban J connectivity index is 2.61. The number of benzene rings is 1. The predicted molar refractivity (Wildman–Crippen MR) is 60.2 cm³/mol. The van der Waals surface area contributed by atoms with Gasteiger partial charge in [0.15, 0.2) is 5.82 Å². The second-order valence-electron chi connectivity index (χ2n) is 3.70. The Hall–Kier alpha value is -2.05. The van der Waals surface area contributed by atoms with E-state index in [2.05, 4.69) is 10.3 Å². The summed E-state index contributed by atoms with van der Waals surface area (Å²) < 4.78 is 39.6. The number of para-hydroxylation sites is 1. The van der Waals surface area contributed by atoms with Crippen molar-refractivity contribution >= 4 is 5.82 Å². The summed E-state index contributed by atoms with van der Waals surface area (Å²) in [5.41, 5.74) is 5.30. The standard InChI is InChI=1S/C11H11F3N4/c1-2-8-10(15)18(17-16-8)9-6-4-3-5-7(9)11(12,13)14/h3-6H,2,15H2,1H3. The van der Waals surface area contributed by atoms with Crippen molar-refractivity contribution in [2.45, 2.75) is 19.5 Å². The lowest BCUT2D eigenvalue weighted by Crippen LogP contribution is -2.13. The highest BCUT2D eigenvalue weighted by Crippen LogP contribution is 2.34. The van der Waals surface area contributed by atoms with Crippen LogP contribution in [-0.4, -0.2) is 15.0 Å². The number of anilines is 1. The molecule has 1 heterocycles. The van der Waals surface area contributed by atoms with E-state index in [9.17, 15) is 13.2 Å². The molecule has 1 aromatic carbocycles. The van der Waals surface area contributed by atoms with Gasteiger partial charge in [-0.3, -0.25) is 0 Å². The first kappa shape index (κ1) is 12.4. The molecule has 4 nitrogen and oxygen atoms in total. The summed E-state index contributed by atoms with van der Waals surface area (Å²) in [5, 5.41) is 7.43. The molecule has 2 N–H and O–H groups in total. The van der Waals surface area contributed by atoms with Gasteiger partial charge >= 0.3 is 6.18 Å². The van der Waals surface area contributed by atoms with Gasteiger partial charge in [-0.1, -0.05) is 24.3 Å². The normalized spacial score (nSPS) is 11.8. The lowest BCUT2D eigenvalue weighted by Gasteiger charge is -2.12. The van der Waals surface area contributed by atoms with Crippen LogP contribution >= 0.6 is 0 Å². The summed E-state index contributed by atoms with van der Waals surface area (Å²) >= 11 is 0. The molecular weight excluding hydrogens is 245 g/mol. The lowest BCUT2D eigenvalue weighted by atomic mass is 10.1. The Morgan fingerprint density at radius 3 is 2.50 bits per heavy atom. The molecule has 0 aliphatic carbocycles. The minimum Gasteiger partial charge on any atom is -0.382 e. The number of aryl methyl sites for hydroxylation is 1. The average Bonchev–Trinajstić information content (AvgIpc) is 2.69. The molecule has 7 heteroatoms. The molecule has 0 bridgehead atoms. The molecule has 0 amide bonds. The summed E-state index contributed by atoms with van der Waals surface area (Å²) in [5.74, 6) is 0.134. The van der Waals surface area contributed by atoms with E-state index in [0.717, 1.165) is 10.7 Å². The smallest absolute Gasteiger partial charge is 0.382 e. The zero-order valence-corrected chi connectivity index (χ0v) is 9.57. The highest BCUT2D eigenvalue weighted by Gasteiger charge is 2.34. The number of aromatic nitrogens is 3. The van der Waals surface area contributed by atoms with Crippen LogP contribution in [0.15, 0.2) is 24.3 Å². The van der Waals surface area contributed by atoms with Gasteiger partial charge in [-0.2, -0.15) is 17.9 Å². The lowest BCUT2D eigenvalue weighted by molar-refractivity contribution is -0.137. The van der Waals surface area contributed by atoms with Crippen LogP contribution in [0.2, 0.25) is 0 Å². The fraction of sp³-hybridized carbons (Fsp3) is 0.273. The molecule has 0 spiro atoms. The SMILES string of the molecule is CCc1nnn(-c2ccccc2C(F)(F)F)c1N. The number of rotatable bonds is 2. The highest BCUT2D eigenvalue weighted by atomic mass is 19.4. The Labute approximate surface area is 101 Å². The predicted octanol–water partition coefficient (Wildman–Crippen LogP) is 2.43. The molecular formula is C11H11F3N4. The van der Waals surface area contributed by atoms with E-state index in [4.69, 9.17) is 5.73 Å². The molecule has 0 aliphatic rings. The van der Waals surface area contributed by atoms with Crippen molar-refractivity contribution in [1.29, 1.82) is 0 Å². The van der Waals surface area contributed by atoms with Gasteiger partial charge in [0.25, 0.3) is 0 Å². The minimum absolute atomic E-state index is 0.116. The zero-order chi connectivity index (χ0) is 13.3. The van der Waals surface area contributed by atoms with Crippen LogP contribution in [0.25, 0.3) is 5.69 Å². The maximum atomic E-state index is 12.9. The molecule has 2 rings (SSSR count). The molecule has 0 atom stereocenters. The maximum Gasteiger partial charge on any atom is 0.418 e. The maximum absolute atomic E-state index is 12.9. The Kier molecular flexibility index (Phi) is 2.98. The van der Waals surface area contributed by atoms with Crippen molar-refractivity contribution in [2.24, 2.45) is 0 Å². The van der Waals surface area contributed by atoms with Gasteiger partial charge in [0, 0.05) is 0 Å². The van der Waals surface area contributed by atoms with Crippen molar-refractivity contribution < 1.29 is 13.2 Å². The summed E-state index contributed by atoms with van der Waals surface area (Å²) in [6, 6.07) is 5.12. The van der Waals surface area contributed by atoms with E-state index >= 15 is 0 Å². The van der Waals surface area contributed by atoms with Crippen LogP contribution in [0.1, 0.15) is 18.2 Å². The molecule has 96 valence electrons. The van der Waals surface area contributed by atoms with Gasteiger partial charge < -0.3 is 5.73 Å². The Morgan fingerprint density at radius 2 is 1.94 bits per heavy atom. The van der Waals surface area contributed by atoms with Gasteiger partial charge in [-0.15, -0.1) is 5.10 Å². The summed E-state index contributed by atoms with van der Waals surface area (Å²) in [7, 11) is 0. The number of halogens is 3. The molecule has 2 aromatic rings. The van der Waals surface area contributed by atoms with Gasteiger partial charge in [-0.05, 0) is 18.6 Å². The third kappa shape index (κ3) is 2.03. The van der Waals surface area contributed by atoms with Crippen LogP contribution in [0.4, 0.5) is 19.0 Å². The largest absolute Gasteiger partial charge is 0.418 e. The first-order chi connectivity index (χ1) is 8.45. The first-order valence-corrected chi connectivity index (χ1v) is 5.31. The van der Waals surface area contributed by atoms with Crippen molar-refractivity contribution in [1.82, 2.24) is 15.0 Å². The Morgan fingerprint density at radius 1 is 1.28 bits per heavy atom. The number of nitrogens with two attached hydrogens (primary N) is 1. The third-order valence-electron chi connectivity index (χ3n) is 2.55. The molecule has 0 aliphatic heterocycles. The number of alkyl halides is 3. The van der Waals surface area contributed by atoms with Crippen LogP contribution in [0, 0.1) is 0 Å². The van der Waals surface area contributed by atoms with Crippen molar-refractivity contribution in [3.8, 4) is 5.69 Å². The average molecular weight is 256 g/mol. The van der Waals surface area contributed by atoms with E-state index < -0.39 is 11.7 Å². The molecule has 0 saturated heterocycles. The van der Waals surface area contributed by atoms with E-state index in [0.29, 0.717) is 12.1 Å². The van der Waals surface area contributed by atoms with E-state index in [1.807, 2.05) is 0 Å². The van der Waals surface area contributed by atoms with Crippen LogP contribution in [0.5, 0.6) is 0 Å². The third-order valence-corrected chi connectivity index (χ3v) is 2.55. The number of hydrogen-bond donors (Lipinski definition) is 1. The van der Waals surface area contributed by atoms with Gasteiger partial charge in [-0.25, -0.2) is 0 Å². The topological polar surface area (TPSA) is 56.7 Å². The molecule has 0 unspecified atom stereocenters. The number of nitrogens with zero attached hydrogens (tertiary/aromatic N) is 3. The highest BCUT2D eigenvalue weighted by molar-refractivity contribution is 5.49. The van der Waals surface area contributed by atoms with Crippen molar-refractivity contribution in [2.75, 3.05) is 5.73 Å². The second kappa shape index (κ2) is 4.32. The molecule has 0 radical (unpaired) electrons. The second-order valence-corrected chi connectivity index (χ2v) is 3.70. The summed E-state index contributed by atoms with van der Waals surface area (Å²) in [6.45, 7) is 1.81. The fourth-order valence-corrected chi connectivity index (χ4v) is 1.65. The monoisotopic (exact) mass is 256 g/mol. The molecule has 0 fully saturated rings. The number of hydrogen-bond acceptors (Lipinski definition) is 3. The fourth-order valence-electron chi connectivity index (χ4n) is 1.65. The van der Waals surface area contributed by atoms with E-state index in [1.54, 1.807) is 6.92 Å². The van der Waals surface area contributed by atoms with Crippen LogP contribution < -0.4 is 5.73 Å². The quantitative estimate of drug-likeness (QED) is 0.897. The van der Waals surface area contributed by atoms with E-state index in [-0.39, 0.29) is 11.5 Å². The molecule has 1 aromatic heterocycles. The van der Waals surface area contributed by atoms with Crippen molar-refractivity contribution in [3.05, 3.63) is 35.5 Å².